The van der Waals surface area contributed by atoms with Gasteiger partial charge in [0.2, 0.25) is 0 Å². The maximum Gasteiger partial charge on any atom is 0.0602 e. The summed E-state index contributed by atoms with van der Waals surface area (Å²) in [7, 11) is 0. The molecule has 3 nitrogen and oxygen atoms in total. The van der Waals surface area contributed by atoms with E-state index in [0.717, 1.165) is 24.9 Å². The zero-order valence-electron chi connectivity index (χ0n) is 12.0. The van der Waals surface area contributed by atoms with Crippen LogP contribution in [0.2, 0.25) is 0 Å². The lowest BCUT2D eigenvalue weighted by atomic mass is 9.74. The summed E-state index contributed by atoms with van der Waals surface area (Å²) in [6.45, 7) is 6.81. The van der Waals surface area contributed by atoms with Crippen molar-refractivity contribution in [3.05, 3.63) is 0 Å². The van der Waals surface area contributed by atoms with E-state index in [-0.39, 0.29) is 18.7 Å². The molecule has 0 spiro atoms. The smallest absolute Gasteiger partial charge is 0.0602 e. The fourth-order valence-electron chi connectivity index (χ4n) is 3.86. The van der Waals surface area contributed by atoms with E-state index in [4.69, 9.17) is 5.73 Å². The standard InChI is InChI=1S/C15H30N2O/c1-11(2)15(16)14(10-18)17-8-7-12-5-3-4-6-13(12)9-17/h11-15,18H,3-10,16H2,1-2H3. The highest BCUT2D eigenvalue weighted by Gasteiger charge is 2.35. The molecule has 0 aromatic carbocycles. The summed E-state index contributed by atoms with van der Waals surface area (Å²) in [6.07, 6.45) is 6.95. The van der Waals surface area contributed by atoms with Crippen LogP contribution in [0.4, 0.5) is 0 Å². The molecule has 0 bridgehead atoms. The first-order chi connectivity index (χ1) is 8.63. The maximum absolute atomic E-state index is 9.67. The highest BCUT2D eigenvalue weighted by molar-refractivity contribution is 4.90. The minimum absolute atomic E-state index is 0.0927. The zero-order chi connectivity index (χ0) is 13.1. The second-order valence-electron chi connectivity index (χ2n) is 6.66. The van der Waals surface area contributed by atoms with E-state index in [1.807, 2.05) is 0 Å². The number of hydrogen-bond donors (Lipinski definition) is 2. The fraction of sp³-hybridized carbons (Fsp3) is 1.00. The van der Waals surface area contributed by atoms with Crippen molar-refractivity contribution in [2.45, 2.75) is 58.0 Å². The van der Waals surface area contributed by atoms with Crippen molar-refractivity contribution >= 4 is 0 Å². The predicted octanol–water partition coefficient (Wildman–Crippen LogP) is 1.84. The molecular formula is C15H30N2O. The molecule has 1 heterocycles. The van der Waals surface area contributed by atoms with Gasteiger partial charge in [0.25, 0.3) is 0 Å². The number of aliphatic hydroxyl groups is 1. The highest BCUT2D eigenvalue weighted by atomic mass is 16.3. The Morgan fingerprint density at radius 3 is 2.44 bits per heavy atom. The second-order valence-corrected chi connectivity index (χ2v) is 6.66. The van der Waals surface area contributed by atoms with Crippen molar-refractivity contribution in [1.29, 1.82) is 0 Å². The average molecular weight is 254 g/mol. The summed E-state index contributed by atoms with van der Waals surface area (Å²) in [6, 6.07) is 0.253. The van der Waals surface area contributed by atoms with Gasteiger partial charge >= 0.3 is 0 Å². The third kappa shape index (κ3) is 3.06. The molecular weight excluding hydrogens is 224 g/mol. The van der Waals surface area contributed by atoms with E-state index >= 15 is 0 Å². The average Bonchev–Trinajstić information content (AvgIpc) is 2.39. The van der Waals surface area contributed by atoms with E-state index in [2.05, 4.69) is 18.7 Å². The number of likely N-dealkylation sites (tertiary alicyclic amines) is 1. The Morgan fingerprint density at radius 1 is 1.17 bits per heavy atom. The minimum Gasteiger partial charge on any atom is -0.395 e. The van der Waals surface area contributed by atoms with Crippen LogP contribution in [-0.2, 0) is 0 Å². The quantitative estimate of drug-likeness (QED) is 0.805. The summed E-state index contributed by atoms with van der Waals surface area (Å²) in [5.74, 6) is 2.25. The lowest BCUT2D eigenvalue weighted by Crippen LogP contribution is -2.56. The summed E-state index contributed by atoms with van der Waals surface area (Å²) in [5, 5.41) is 9.67. The summed E-state index contributed by atoms with van der Waals surface area (Å²) in [5.41, 5.74) is 6.27. The number of fused-ring (bicyclic) bond motifs is 1. The van der Waals surface area contributed by atoms with Crippen molar-refractivity contribution in [2.75, 3.05) is 19.7 Å². The Hall–Kier alpha value is -0.120. The molecule has 0 amide bonds. The molecule has 2 rings (SSSR count). The van der Waals surface area contributed by atoms with Crippen molar-refractivity contribution in [3.63, 3.8) is 0 Å². The maximum atomic E-state index is 9.67. The van der Waals surface area contributed by atoms with E-state index in [0.29, 0.717) is 5.92 Å². The second kappa shape index (κ2) is 6.36. The van der Waals surface area contributed by atoms with E-state index in [1.165, 1.54) is 32.1 Å². The Bertz CT molecular complexity index is 257. The van der Waals surface area contributed by atoms with Gasteiger partial charge in [-0.3, -0.25) is 4.90 Å². The molecule has 3 N–H and O–H groups in total. The van der Waals surface area contributed by atoms with E-state index in [1.54, 1.807) is 0 Å². The normalized spacial score (nSPS) is 33.2. The Labute approximate surface area is 112 Å². The van der Waals surface area contributed by atoms with Crippen LogP contribution in [-0.4, -0.2) is 41.8 Å². The third-order valence-electron chi connectivity index (χ3n) is 5.19. The molecule has 0 aromatic heterocycles. The van der Waals surface area contributed by atoms with Crippen LogP contribution < -0.4 is 5.73 Å². The van der Waals surface area contributed by atoms with Crippen molar-refractivity contribution in [3.8, 4) is 0 Å². The summed E-state index contributed by atoms with van der Waals surface area (Å²) < 4.78 is 0. The van der Waals surface area contributed by atoms with Crippen LogP contribution in [0.1, 0.15) is 46.0 Å². The van der Waals surface area contributed by atoms with Crippen LogP contribution in [0, 0.1) is 17.8 Å². The van der Waals surface area contributed by atoms with Crippen LogP contribution in [0.5, 0.6) is 0 Å². The number of hydrogen-bond acceptors (Lipinski definition) is 3. The van der Waals surface area contributed by atoms with Crippen LogP contribution in [0.25, 0.3) is 0 Å². The number of nitrogens with two attached hydrogens (primary N) is 1. The lowest BCUT2D eigenvalue weighted by molar-refractivity contribution is 0.0196. The van der Waals surface area contributed by atoms with Gasteiger partial charge in [0.15, 0.2) is 0 Å². The number of rotatable bonds is 4. The molecule has 4 atom stereocenters. The first-order valence-electron chi connectivity index (χ1n) is 7.74. The van der Waals surface area contributed by atoms with Gasteiger partial charge < -0.3 is 10.8 Å². The molecule has 4 unspecified atom stereocenters. The molecule has 106 valence electrons. The largest absolute Gasteiger partial charge is 0.395 e. The topological polar surface area (TPSA) is 49.5 Å². The Kier molecular flexibility index (Phi) is 5.05. The lowest BCUT2D eigenvalue weighted by Gasteiger charge is -2.45. The molecule has 18 heavy (non-hydrogen) atoms. The molecule has 2 fully saturated rings. The van der Waals surface area contributed by atoms with Gasteiger partial charge in [-0.05, 0) is 37.1 Å². The Morgan fingerprint density at radius 2 is 1.83 bits per heavy atom. The van der Waals surface area contributed by atoms with Crippen LogP contribution in [0.15, 0.2) is 0 Å². The van der Waals surface area contributed by atoms with Gasteiger partial charge in [0, 0.05) is 18.6 Å². The first kappa shape index (κ1) is 14.3. The highest BCUT2D eigenvalue weighted by Crippen LogP contribution is 2.36. The van der Waals surface area contributed by atoms with Gasteiger partial charge in [0.05, 0.1) is 6.61 Å². The molecule has 0 radical (unpaired) electrons. The first-order valence-corrected chi connectivity index (χ1v) is 7.74. The molecule has 1 saturated heterocycles. The molecule has 0 aromatic rings. The van der Waals surface area contributed by atoms with Crippen molar-refractivity contribution in [1.82, 2.24) is 4.90 Å². The number of nitrogens with zero attached hydrogens (tertiary/aromatic N) is 1. The molecule has 2 aliphatic rings. The SMILES string of the molecule is CC(C)C(N)C(CO)N1CCC2CCCCC2C1. The van der Waals surface area contributed by atoms with Crippen LogP contribution in [0.3, 0.4) is 0 Å². The predicted molar refractivity (Wildman–Crippen MR) is 75.3 cm³/mol. The van der Waals surface area contributed by atoms with Crippen molar-refractivity contribution < 1.29 is 5.11 Å². The fourth-order valence-corrected chi connectivity index (χ4v) is 3.86. The molecule has 1 aliphatic carbocycles. The van der Waals surface area contributed by atoms with E-state index in [9.17, 15) is 5.11 Å². The third-order valence-corrected chi connectivity index (χ3v) is 5.19. The molecule has 1 aliphatic heterocycles. The van der Waals surface area contributed by atoms with Crippen molar-refractivity contribution in [2.24, 2.45) is 23.5 Å². The van der Waals surface area contributed by atoms with Gasteiger partial charge in [-0.1, -0.05) is 33.1 Å². The van der Waals surface area contributed by atoms with E-state index < -0.39 is 0 Å². The Balaban J connectivity index is 1.95. The zero-order valence-corrected chi connectivity index (χ0v) is 12.0. The van der Waals surface area contributed by atoms with Gasteiger partial charge in [-0.2, -0.15) is 0 Å². The minimum atomic E-state index is 0.0927. The summed E-state index contributed by atoms with van der Waals surface area (Å²) in [4.78, 5) is 2.47. The van der Waals surface area contributed by atoms with Gasteiger partial charge in [-0.15, -0.1) is 0 Å². The molecule has 3 heteroatoms. The van der Waals surface area contributed by atoms with Gasteiger partial charge in [-0.25, -0.2) is 0 Å². The molecule has 1 saturated carbocycles. The number of piperidine rings is 1. The van der Waals surface area contributed by atoms with Gasteiger partial charge in [0.1, 0.15) is 0 Å². The number of aliphatic hydroxyl groups excluding tert-OH is 1. The summed E-state index contributed by atoms with van der Waals surface area (Å²) >= 11 is 0. The van der Waals surface area contributed by atoms with Crippen LogP contribution >= 0.6 is 0 Å². The monoisotopic (exact) mass is 254 g/mol.